The minimum atomic E-state index is -1.19. The van der Waals surface area contributed by atoms with Gasteiger partial charge in [-0.15, -0.1) is 0 Å². The van der Waals surface area contributed by atoms with Gasteiger partial charge >= 0.3 is 46.3 Å². The van der Waals surface area contributed by atoms with Gasteiger partial charge in [-0.05, 0) is 34.1 Å². The average Bonchev–Trinajstić information content (AvgIpc) is 2.66. The van der Waals surface area contributed by atoms with Crippen molar-refractivity contribution in [1.29, 1.82) is 0 Å². The Morgan fingerprint density at radius 2 is 1.16 bits per heavy atom. The van der Waals surface area contributed by atoms with Crippen LogP contribution in [-0.4, -0.2) is 78.8 Å². The van der Waals surface area contributed by atoms with Crippen LogP contribution in [0, 0.1) is 0 Å². The van der Waals surface area contributed by atoms with Crippen molar-refractivity contribution in [1.82, 2.24) is 0 Å². The summed E-state index contributed by atoms with van der Waals surface area (Å²) in [4.78, 5) is 45.0. The predicted octanol–water partition coefficient (Wildman–Crippen LogP) is 1.87. The first-order valence-electron chi connectivity index (χ1n) is 10.3. The summed E-state index contributed by atoms with van der Waals surface area (Å²) in [6, 6.07) is 0. The maximum absolute atomic E-state index is 11.4. The maximum atomic E-state index is 11.4. The fourth-order valence-electron chi connectivity index (χ4n) is 2.94. The first-order valence-corrected chi connectivity index (χ1v) is 12.9. The Morgan fingerprint density at radius 1 is 0.750 bits per heavy atom. The van der Waals surface area contributed by atoms with Crippen molar-refractivity contribution in [2.45, 2.75) is 78.3 Å². The molecule has 1 aliphatic heterocycles. The van der Waals surface area contributed by atoms with E-state index in [1.165, 1.54) is 25.4 Å². The smallest absolute Gasteiger partial charge is 0.757 e. The van der Waals surface area contributed by atoms with Gasteiger partial charge in [0.2, 0.25) is 0 Å². The SMILES string of the molecule is CC(=O)OCC1O[C@@H]([S-])C(OC(C)=O)[C@@H](OC(C)=O)[C@@H]1OC(C)=O.CC[PH+](CC)CC.[Au+]. The summed E-state index contributed by atoms with van der Waals surface area (Å²) in [6.07, 6.45) is -0.107. The molecule has 0 spiro atoms. The summed E-state index contributed by atoms with van der Waals surface area (Å²) in [5.74, 6) is -2.62. The molecule has 0 aromatic rings. The molecule has 2 unspecified atom stereocenters. The zero-order valence-electron chi connectivity index (χ0n) is 19.6. The van der Waals surface area contributed by atoms with E-state index < -0.39 is 53.7 Å². The van der Waals surface area contributed by atoms with E-state index in [0.717, 1.165) is 20.8 Å². The second-order valence-electron chi connectivity index (χ2n) is 6.88. The molecule has 0 aliphatic carbocycles. The summed E-state index contributed by atoms with van der Waals surface area (Å²) in [7, 11) is 0.137. The molecule has 1 rings (SSSR count). The van der Waals surface area contributed by atoms with Crippen LogP contribution in [-0.2, 0) is 77.9 Å². The monoisotopic (exact) mass is 679 g/mol. The van der Waals surface area contributed by atoms with Gasteiger partial charge in [-0.3, -0.25) is 19.2 Å². The minimum absolute atomic E-state index is 0. The third-order valence-corrected chi connectivity index (χ3v) is 7.83. The molecule has 0 aromatic heterocycles. The van der Waals surface area contributed by atoms with Crippen molar-refractivity contribution >= 4 is 44.4 Å². The quantitative estimate of drug-likeness (QED) is 0.124. The number of esters is 4. The number of carbonyl (C=O) groups is 4. The fraction of sp³-hybridized carbons (Fsp3) is 0.800. The topological polar surface area (TPSA) is 114 Å². The Balaban J connectivity index is 0. The van der Waals surface area contributed by atoms with E-state index in [2.05, 4.69) is 20.8 Å². The molecule has 0 radical (unpaired) electrons. The van der Waals surface area contributed by atoms with Crippen LogP contribution >= 0.6 is 7.92 Å². The van der Waals surface area contributed by atoms with Crippen molar-refractivity contribution in [3.8, 4) is 0 Å². The number of hydrogen-bond donors (Lipinski definition) is 0. The molecule has 0 saturated carbocycles. The second-order valence-corrected chi connectivity index (χ2v) is 11.0. The molecule has 9 nitrogen and oxygen atoms in total. The standard InChI is InChI=1S/C14H20O9S.C6H15P.Au/c1-6(15)19-5-10-11(20-7(2)16)12(21-8(3)17)13(14(24)23-10)22-9(4)18;1-4-7(5-2)6-3;/h10-14,24H,5H2,1-4H3;4-6H2,1-3H3;/q;;+1/t10?,11-,12+,13?,14+;;/m1../s1. The summed E-state index contributed by atoms with van der Waals surface area (Å²) in [5.41, 5.74) is -1.09. The summed E-state index contributed by atoms with van der Waals surface area (Å²) in [5, 5.41) is 0. The molecule has 1 fully saturated rings. The van der Waals surface area contributed by atoms with Crippen molar-refractivity contribution in [3.63, 3.8) is 0 Å². The molecule has 1 saturated heterocycles. The fourth-order valence-corrected chi connectivity index (χ4v) is 4.79. The van der Waals surface area contributed by atoms with Crippen LogP contribution in [0.3, 0.4) is 0 Å². The van der Waals surface area contributed by atoms with Gasteiger partial charge in [0, 0.05) is 27.7 Å². The Morgan fingerprint density at radius 3 is 1.50 bits per heavy atom. The van der Waals surface area contributed by atoms with E-state index in [9.17, 15) is 19.2 Å². The van der Waals surface area contributed by atoms with E-state index in [-0.39, 0.29) is 36.9 Å². The minimum Gasteiger partial charge on any atom is -0.757 e. The molecule has 0 N–H and O–H groups in total. The third kappa shape index (κ3) is 13.2. The number of carbonyl (C=O) groups excluding carboxylic acids is 4. The normalized spacial score (nSPS) is 24.2. The van der Waals surface area contributed by atoms with Gasteiger partial charge in [0.1, 0.15) is 18.8 Å². The maximum Gasteiger partial charge on any atom is 1.00 e. The molecular weight excluding hydrogens is 644 g/mol. The van der Waals surface area contributed by atoms with Crippen molar-refractivity contribution in [2.24, 2.45) is 0 Å². The van der Waals surface area contributed by atoms with Gasteiger partial charge in [0.25, 0.3) is 0 Å². The van der Waals surface area contributed by atoms with Crippen LogP contribution in [0.2, 0.25) is 0 Å². The van der Waals surface area contributed by atoms with Gasteiger partial charge in [-0.2, -0.15) is 0 Å². The molecule has 0 bridgehead atoms. The van der Waals surface area contributed by atoms with Gasteiger partial charge in [-0.25, -0.2) is 0 Å². The summed E-state index contributed by atoms with van der Waals surface area (Å²) >= 11 is 5.11. The molecular formula is C20H35AuO9PS+. The number of rotatable bonds is 8. The Bertz CT molecular complexity index is 598. The zero-order chi connectivity index (χ0) is 24.1. The van der Waals surface area contributed by atoms with Crippen molar-refractivity contribution < 1.29 is 65.2 Å². The molecule has 12 heteroatoms. The van der Waals surface area contributed by atoms with Gasteiger partial charge in [0.05, 0.1) is 18.5 Å². The van der Waals surface area contributed by atoms with E-state index in [1.807, 2.05) is 0 Å². The van der Waals surface area contributed by atoms with Crippen LogP contribution in [0.25, 0.3) is 0 Å². The molecule has 32 heavy (non-hydrogen) atoms. The first kappa shape index (κ1) is 33.5. The molecule has 0 amide bonds. The van der Waals surface area contributed by atoms with Crippen LogP contribution in [0.4, 0.5) is 0 Å². The summed E-state index contributed by atoms with van der Waals surface area (Å²) in [6.45, 7) is 11.3. The zero-order valence-corrected chi connectivity index (χ0v) is 23.6. The van der Waals surface area contributed by atoms with E-state index in [1.54, 1.807) is 0 Å². The average molecular weight is 679 g/mol. The van der Waals surface area contributed by atoms with Crippen LogP contribution < -0.4 is 0 Å². The summed E-state index contributed by atoms with van der Waals surface area (Å²) < 4.78 is 25.7. The van der Waals surface area contributed by atoms with Crippen molar-refractivity contribution in [2.75, 3.05) is 25.1 Å². The number of hydrogen-bond acceptors (Lipinski definition) is 10. The van der Waals surface area contributed by atoms with E-state index in [0.29, 0.717) is 0 Å². The Kier molecular flexibility index (Phi) is 18.6. The van der Waals surface area contributed by atoms with Gasteiger partial charge < -0.3 is 36.3 Å². The Labute approximate surface area is 212 Å². The molecule has 190 valence electrons. The molecule has 1 heterocycles. The second kappa shape index (κ2) is 17.8. The third-order valence-electron chi connectivity index (χ3n) is 4.45. The van der Waals surface area contributed by atoms with E-state index >= 15 is 0 Å². The largest absolute Gasteiger partial charge is 1.00 e. The number of ether oxygens (including phenoxy) is 5. The predicted molar refractivity (Wildman–Crippen MR) is 119 cm³/mol. The van der Waals surface area contributed by atoms with Crippen LogP contribution in [0.15, 0.2) is 0 Å². The molecule has 0 aromatic carbocycles. The van der Waals surface area contributed by atoms with Crippen molar-refractivity contribution in [3.05, 3.63) is 0 Å². The van der Waals surface area contributed by atoms with Gasteiger partial charge in [-0.1, -0.05) is 0 Å². The van der Waals surface area contributed by atoms with Crippen LogP contribution in [0.1, 0.15) is 48.5 Å². The van der Waals surface area contributed by atoms with Crippen LogP contribution in [0.5, 0.6) is 0 Å². The Hall–Kier alpha value is -0.640. The molecule has 1 aliphatic rings. The first-order chi connectivity index (χ1) is 14.5. The molecule has 5 atom stereocenters. The van der Waals surface area contributed by atoms with E-state index in [4.69, 9.17) is 36.3 Å². The van der Waals surface area contributed by atoms with Gasteiger partial charge in [0.15, 0.2) is 12.2 Å².